The summed E-state index contributed by atoms with van der Waals surface area (Å²) in [6.45, 7) is -1.14. The van der Waals surface area contributed by atoms with Crippen molar-refractivity contribution in [1.29, 1.82) is 0 Å². The SMILES string of the molecule is Cl.O=C(c1ccccc1)C1CCCN(C[C@H](O[C@@H](CN2CCCC(C(=O)c3ccccc3)C2)C(F)(F)F)C(F)(F)F)C1. The van der Waals surface area contributed by atoms with Gasteiger partial charge < -0.3 is 4.74 Å². The first-order valence-electron chi connectivity index (χ1n) is 13.8. The van der Waals surface area contributed by atoms with Crippen molar-refractivity contribution in [3.05, 3.63) is 71.8 Å². The Morgan fingerprint density at radius 1 is 0.690 bits per heavy atom. The van der Waals surface area contributed by atoms with E-state index in [1.165, 1.54) is 9.80 Å². The standard InChI is InChI=1S/C30H34F6N2O3.ClH/c31-29(32,33)25(19-37-15-7-13-23(17-37)27(39)21-9-3-1-4-10-21)41-26(30(34,35)36)20-38-16-8-14-24(18-38)28(40)22-11-5-2-6-12-22;/h1-6,9-12,23-26H,7-8,13-20H2;1H/t23?,24?,25-,26-;/m0./s1. The summed E-state index contributed by atoms with van der Waals surface area (Å²) in [5, 5.41) is 0. The summed E-state index contributed by atoms with van der Waals surface area (Å²) in [5.41, 5.74) is 0.899. The minimum absolute atomic E-state index is 0. The molecule has 42 heavy (non-hydrogen) atoms. The number of rotatable bonds is 10. The van der Waals surface area contributed by atoms with Crippen molar-refractivity contribution < 1.29 is 40.7 Å². The first-order valence-corrected chi connectivity index (χ1v) is 13.8. The average Bonchev–Trinajstić information content (AvgIpc) is 2.96. The van der Waals surface area contributed by atoms with Crippen LogP contribution in [-0.2, 0) is 4.74 Å². The molecule has 0 amide bonds. The van der Waals surface area contributed by atoms with E-state index in [0.29, 0.717) is 36.8 Å². The topological polar surface area (TPSA) is 49.9 Å². The van der Waals surface area contributed by atoms with Crippen molar-refractivity contribution >= 4 is 24.0 Å². The molecule has 2 aliphatic rings. The van der Waals surface area contributed by atoms with Crippen LogP contribution in [-0.4, -0.2) is 85.2 Å². The summed E-state index contributed by atoms with van der Waals surface area (Å²) in [7, 11) is 0. The van der Waals surface area contributed by atoms with Crippen LogP contribution in [0.3, 0.4) is 0 Å². The number of nitrogens with zero attached hydrogens (tertiary/aromatic N) is 2. The number of likely N-dealkylation sites (tertiary alicyclic amines) is 2. The molecule has 0 saturated carbocycles. The molecule has 0 bridgehead atoms. The van der Waals surface area contributed by atoms with E-state index in [0.717, 1.165) is 0 Å². The molecule has 0 radical (unpaired) electrons. The van der Waals surface area contributed by atoms with Gasteiger partial charge in [-0.2, -0.15) is 26.3 Å². The maximum absolute atomic E-state index is 14.0. The summed E-state index contributed by atoms with van der Waals surface area (Å²) in [6.07, 6.45) is -13.6. The molecule has 2 aliphatic heterocycles. The number of carbonyl (C=O) groups is 2. The molecule has 0 aromatic heterocycles. The van der Waals surface area contributed by atoms with E-state index in [1.54, 1.807) is 60.7 Å². The fraction of sp³-hybridized carbons (Fsp3) is 0.533. The summed E-state index contributed by atoms with van der Waals surface area (Å²) >= 11 is 0. The highest BCUT2D eigenvalue weighted by molar-refractivity contribution is 5.98. The zero-order valence-electron chi connectivity index (χ0n) is 22.9. The van der Waals surface area contributed by atoms with Crippen molar-refractivity contribution in [3.8, 4) is 0 Å². The van der Waals surface area contributed by atoms with Crippen LogP contribution in [0.4, 0.5) is 26.3 Å². The highest BCUT2D eigenvalue weighted by Gasteiger charge is 2.50. The molecule has 2 aromatic rings. The Balaban J connectivity index is 0.00000484. The van der Waals surface area contributed by atoms with Gasteiger partial charge in [0, 0.05) is 49.1 Å². The van der Waals surface area contributed by atoms with Crippen molar-refractivity contribution in [3.63, 3.8) is 0 Å². The lowest BCUT2D eigenvalue weighted by Gasteiger charge is -2.38. The Labute approximate surface area is 247 Å². The molecule has 2 aromatic carbocycles. The van der Waals surface area contributed by atoms with E-state index in [-0.39, 0.29) is 50.2 Å². The molecule has 2 heterocycles. The second-order valence-corrected chi connectivity index (χ2v) is 10.9. The third kappa shape index (κ3) is 9.26. The predicted molar refractivity (Wildman–Crippen MR) is 148 cm³/mol. The molecular weight excluding hydrogens is 586 g/mol. The molecule has 0 spiro atoms. The monoisotopic (exact) mass is 620 g/mol. The Hall–Kier alpha value is -2.47. The molecule has 2 unspecified atom stereocenters. The zero-order chi connectivity index (χ0) is 29.6. The Kier molecular flexibility index (Phi) is 12.0. The van der Waals surface area contributed by atoms with Gasteiger partial charge in [-0.05, 0) is 38.8 Å². The van der Waals surface area contributed by atoms with E-state index in [2.05, 4.69) is 0 Å². The minimum Gasteiger partial charge on any atom is -0.353 e. The van der Waals surface area contributed by atoms with Crippen molar-refractivity contribution in [2.75, 3.05) is 39.3 Å². The van der Waals surface area contributed by atoms with Crippen LogP contribution >= 0.6 is 12.4 Å². The van der Waals surface area contributed by atoms with E-state index in [1.807, 2.05) is 0 Å². The number of hydrogen-bond acceptors (Lipinski definition) is 5. The fourth-order valence-electron chi connectivity index (χ4n) is 5.66. The first-order chi connectivity index (χ1) is 19.4. The molecule has 0 N–H and O–H groups in total. The second-order valence-electron chi connectivity index (χ2n) is 10.9. The maximum Gasteiger partial charge on any atom is 0.415 e. The summed E-state index contributed by atoms with van der Waals surface area (Å²) in [5.74, 6) is -1.49. The first kappa shape index (κ1) is 34.0. The summed E-state index contributed by atoms with van der Waals surface area (Å²) < 4.78 is 89.0. The predicted octanol–water partition coefficient (Wildman–Crippen LogP) is 6.48. The van der Waals surface area contributed by atoms with Crippen molar-refractivity contribution in [1.82, 2.24) is 9.80 Å². The van der Waals surface area contributed by atoms with Crippen molar-refractivity contribution in [2.45, 2.75) is 50.2 Å². The van der Waals surface area contributed by atoms with Crippen LogP contribution in [0.1, 0.15) is 46.4 Å². The Morgan fingerprint density at radius 2 is 1.05 bits per heavy atom. The molecule has 2 saturated heterocycles. The quantitative estimate of drug-likeness (QED) is 0.225. The number of alkyl halides is 6. The number of Topliss-reactive ketones (excluding diaryl/α,β-unsaturated/α-hetero) is 2. The number of ether oxygens (including phenoxy) is 1. The van der Waals surface area contributed by atoms with Gasteiger partial charge in [0.25, 0.3) is 0 Å². The smallest absolute Gasteiger partial charge is 0.353 e. The second kappa shape index (κ2) is 14.8. The summed E-state index contributed by atoms with van der Waals surface area (Å²) in [6, 6.07) is 16.8. The summed E-state index contributed by atoms with van der Waals surface area (Å²) in [4.78, 5) is 28.5. The normalized spacial score (nSPS) is 22.1. The van der Waals surface area contributed by atoms with Gasteiger partial charge in [0.2, 0.25) is 0 Å². The molecule has 2 fully saturated rings. The highest BCUT2D eigenvalue weighted by Crippen LogP contribution is 2.33. The molecular formula is C30H35ClF6N2O3. The van der Waals surface area contributed by atoms with Crippen LogP contribution in [0.15, 0.2) is 60.7 Å². The maximum atomic E-state index is 14.0. The largest absolute Gasteiger partial charge is 0.415 e. The molecule has 0 aliphatic carbocycles. The third-order valence-corrected chi connectivity index (χ3v) is 7.78. The average molecular weight is 621 g/mol. The molecule has 4 rings (SSSR count). The molecule has 4 atom stereocenters. The third-order valence-electron chi connectivity index (χ3n) is 7.78. The van der Waals surface area contributed by atoms with Crippen LogP contribution in [0.5, 0.6) is 0 Å². The van der Waals surface area contributed by atoms with E-state index in [4.69, 9.17) is 4.74 Å². The lowest BCUT2D eigenvalue weighted by atomic mass is 9.90. The number of halogens is 7. The lowest BCUT2D eigenvalue weighted by molar-refractivity contribution is -0.290. The van der Waals surface area contributed by atoms with Gasteiger partial charge in [0.15, 0.2) is 23.8 Å². The van der Waals surface area contributed by atoms with Crippen LogP contribution < -0.4 is 0 Å². The number of ketones is 2. The van der Waals surface area contributed by atoms with Gasteiger partial charge in [-0.15, -0.1) is 12.4 Å². The van der Waals surface area contributed by atoms with Gasteiger partial charge in [0.1, 0.15) is 0 Å². The van der Waals surface area contributed by atoms with Gasteiger partial charge in [-0.3, -0.25) is 19.4 Å². The van der Waals surface area contributed by atoms with E-state index >= 15 is 0 Å². The van der Waals surface area contributed by atoms with Crippen molar-refractivity contribution in [2.24, 2.45) is 11.8 Å². The molecule has 232 valence electrons. The molecule has 12 heteroatoms. The highest BCUT2D eigenvalue weighted by atomic mass is 35.5. The number of benzene rings is 2. The van der Waals surface area contributed by atoms with E-state index in [9.17, 15) is 35.9 Å². The van der Waals surface area contributed by atoms with E-state index < -0.39 is 49.5 Å². The van der Waals surface area contributed by atoms with Crippen LogP contribution in [0, 0.1) is 11.8 Å². The Morgan fingerprint density at radius 3 is 1.38 bits per heavy atom. The fourth-order valence-corrected chi connectivity index (χ4v) is 5.66. The van der Waals surface area contributed by atoms with Gasteiger partial charge >= 0.3 is 12.4 Å². The minimum atomic E-state index is -5.05. The van der Waals surface area contributed by atoms with Crippen LogP contribution in [0.25, 0.3) is 0 Å². The number of piperidine rings is 2. The number of carbonyl (C=O) groups excluding carboxylic acids is 2. The Bertz CT molecular complexity index is 1060. The lowest BCUT2D eigenvalue weighted by Crippen LogP contribution is -2.53. The molecule has 5 nitrogen and oxygen atoms in total. The zero-order valence-corrected chi connectivity index (χ0v) is 23.8. The van der Waals surface area contributed by atoms with Gasteiger partial charge in [-0.1, -0.05) is 60.7 Å². The number of hydrogen-bond donors (Lipinski definition) is 0. The van der Waals surface area contributed by atoms with Crippen LogP contribution in [0.2, 0.25) is 0 Å². The van der Waals surface area contributed by atoms with Gasteiger partial charge in [0.05, 0.1) is 0 Å². The van der Waals surface area contributed by atoms with Gasteiger partial charge in [-0.25, -0.2) is 0 Å².